The van der Waals surface area contributed by atoms with Crippen LogP contribution in [0.25, 0.3) is 0 Å². The first-order chi connectivity index (χ1) is 9.58. The molecule has 1 saturated heterocycles. The average Bonchev–Trinajstić information content (AvgIpc) is 2.45. The summed E-state index contributed by atoms with van der Waals surface area (Å²) in [7, 11) is -3.61. The Labute approximate surface area is 121 Å². The van der Waals surface area contributed by atoms with E-state index in [1.165, 1.54) is 0 Å². The third-order valence-corrected chi connectivity index (χ3v) is 4.70. The van der Waals surface area contributed by atoms with Crippen LogP contribution in [0.4, 0.5) is 0 Å². The van der Waals surface area contributed by atoms with Gasteiger partial charge < -0.3 is 10.2 Å². The Morgan fingerprint density at radius 3 is 2.50 bits per heavy atom. The van der Waals surface area contributed by atoms with Gasteiger partial charge in [-0.15, -0.1) is 0 Å². The Morgan fingerprint density at radius 1 is 1.20 bits per heavy atom. The lowest BCUT2D eigenvalue weighted by Crippen LogP contribution is -2.43. The van der Waals surface area contributed by atoms with E-state index in [-0.39, 0.29) is 11.5 Å². The highest BCUT2D eigenvalue weighted by Crippen LogP contribution is 2.13. The van der Waals surface area contributed by atoms with Gasteiger partial charge in [0, 0.05) is 32.7 Å². The van der Waals surface area contributed by atoms with Crippen LogP contribution >= 0.6 is 0 Å². The molecule has 0 aromatic heterocycles. The second kappa shape index (κ2) is 7.17. The van der Waals surface area contributed by atoms with Gasteiger partial charge >= 0.3 is 0 Å². The summed E-state index contributed by atoms with van der Waals surface area (Å²) in [5.74, 6) is 0. The zero-order valence-corrected chi connectivity index (χ0v) is 12.7. The lowest BCUT2D eigenvalue weighted by Gasteiger charge is -2.26. The van der Waals surface area contributed by atoms with Crippen LogP contribution in [-0.4, -0.2) is 52.6 Å². The average molecular weight is 298 g/mol. The Balaban J connectivity index is 1.76. The van der Waals surface area contributed by atoms with Crippen molar-refractivity contribution in [2.75, 3.05) is 39.3 Å². The Bertz CT molecular complexity index is 508. The minimum Gasteiger partial charge on any atom is -0.314 e. The normalized spacial score (nSPS) is 17.2. The van der Waals surface area contributed by atoms with Crippen molar-refractivity contribution in [1.82, 2.24) is 10.2 Å². The first-order valence-corrected chi connectivity index (χ1v) is 8.38. The molecule has 0 atom stereocenters. The fraction of sp³-hybridized carbons (Fsp3) is 0.571. The van der Waals surface area contributed by atoms with Crippen LogP contribution in [0.3, 0.4) is 0 Å². The maximum absolute atomic E-state index is 11.9. The highest BCUT2D eigenvalue weighted by Gasteiger charge is 2.15. The molecule has 0 aliphatic carbocycles. The predicted octanol–water partition coefficient (Wildman–Crippen LogP) is 0.996. The fourth-order valence-corrected chi connectivity index (χ4v) is 3.11. The van der Waals surface area contributed by atoms with Crippen LogP contribution in [0.1, 0.15) is 12.0 Å². The summed E-state index contributed by atoms with van der Waals surface area (Å²) >= 11 is 0. The summed E-state index contributed by atoms with van der Waals surface area (Å²) in [6, 6.07) is 6.72. The molecule has 0 spiro atoms. The van der Waals surface area contributed by atoms with Crippen molar-refractivity contribution in [2.45, 2.75) is 18.2 Å². The third-order valence-electron chi connectivity index (χ3n) is 3.38. The molecule has 5 nitrogen and oxygen atoms in total. The number of aryl methyl sites for hydroxylation is 1. The van der Waals surface area contributed by atoms with E-state index < -0.39 is 10.1 Å². The number of benzene rings is 1. The van der Waals surface area contributed by atoms with Gasteiger partial charge in [0.25, 0.3) is 10.1 Å². The minimum absolute atomic E-state index is 0.227. The van der Waals surface area contributed by atoms with Gasteiger partial charge in [-0.2, -0.15) is 8.42 Å². The fourth-order valence-electron chi connectivity index (χ4n) is 2.16. The van der Waals surface area contributed by atoms with Gasteiger partial charge in [0.05, 0.1) is 11.5 Å². The molecule has 1 aromatic carbocycles. The standard InChI is InChI=1S/C14H22N2O3S/c1-13-3-5-14(6-4-13)20(17,18)19-12-2-9-16-10-7-15-8-11-16/h3-6,15H,2,7-12H2,1H3. The number of rotatable bonds is 6. The van der Waals surface area contributed by atoms with Gasteiger partial charge in [0.1, 0.15) is 0 Å². The van der Waals surface area contributed by atoms with Crippen LogP contribution < -0.4 is 5.32 Å². The van der Waals surface area contributed by atoms with Crippen LogP contribution in [0.2, 0.25) is 0 Å². The van der Waals surface area contributed by atoms with E-state index in [2.05, 4.69) is 10.2 Å². The maximum Gasteiger partial charge on any atom is 0.296 e. The molecule has 0 amide bonds. The summed E-state index contributed by atoms with van der Waals surface area (Å²) in [5, 5.41) is 3.29. The molecule has 0 unspecified atom stereocenters. The van der Waals surface area contributed by atoms with E-state index in [4.69, 9.17) is 4.18 Å². The van der Waals surface area contributed by atoms with Crippen LogP contribution in [0.15, 0.2) is 29.2 Å². The van der Waals surface area contributed by atoms with Gasteiger partial charge in [0.2, 0.25) is 0 Å². The van der Waals surface area contributed by atoms with Crippen molar-refractivity contribution >= 4 is 10.1 Å². The topological polar surface area (TPSA) is 58.6 Å². The van der Waals surface area contributed by atoms with Crippen molar-refractivity contribution in [3.63, 3.8) is 0 Å². The number of hydrogen-bond donors (Lipinski definition) is 1. The van der Waals surface area contributed by atoms with Crippen molar-refractivity contribution in [2.24, 2.45) is 0 Å². The molecule has 20 heavy (non-hydrogen) atoms. The Kier molecular flexibility index (Phi) is 5.54. The molecule has 112 valence electrons. The van der Waals surface area contributed by atoms with Crippen LogP contribution in [-0.2, 0) is 14.3 Å². The highest BCUT2D eigenvalue weighted by atomic mass is 32.2. The van der Waals surface area contributed by atoms with E-state index in [9.17, 15) is 8.42 Å². The van der Waals surface area contributed by atoms with Gasteiger partial charge in [-0.05, 0) is 25.5 Å². The second-order valence-electron chi connectivity index (χ2n) is 5.03. The quantitative estimate of drug-likeness (QED) is 0.627. The summed E-state index contributed by atoms with van der Waals surface area (Å²) in [4.78, 5) is 2.54. The molecule has 1 aromatic rings. The molecule has 1 aliphatic rings. The molecular weight excluding hydrogens is 276 g/mol. The zero-order valence-electron chi connectivity index (χ0n) is 11.8. The smallest absolute Gasteiger partial charge is 0.296 e. The van der Waals surface area contributed by atoms with Gasteiger partial charge in [-0.25, -0.2) is 0 Å². The van der Waals surface area contributed by atoms with E-state index >= 15 is 0 Å². The zero-order chi connectivity index (χ0) is 14.4. The monoisotopic (exact) mass is 298 g/mol. The molecule has 0 bridgehead atoms. The summed E-state index contributed by atoms with van der Waals surface area (Å²) in [6.45, 7) is 7.08. The Morgan fingerprint density at radius 2 is 1.85 bits per heavy atom. The molecule has 1 N–H and O–H groups in total. The number of hydrogen-bond acceptors (Lipinski definition) is 5. The van der Waals surface area contributed by atoms with E-state index in [0.717, 1.165) is 44.7 Å². The lowest BCUT2D eigenvalue weighted by molar-refractivity contribution is 0.215. The van der Waals surface area contributed by atoms with Crippen LogP contribution in [0, 0.1) is 6.92 Å². The van der Waals surface area contributed by atoms with E-state index in [1.54, 1.807) is 24.3 Å². The highest BCUT2D eigenvalue weighted by molar-refractivity contribution is 7.86. The lowest BCUT2D eigenvalue weighted by atomic mass is 10.2. The summed E-state index contributed by atoms with van der Waals surface area (Å²) in [5.41, 5.74) is 1.03. The Hall–Kier alpha value is -0.950. The third kappa shape index (κ3) is 4.56. The molecule has 0 radical (unpaired) electrons. The maximum atomic E-state index is 11.9. The number of piperazine rings is 1. The summed E-state index contributed by atoms with van der Waals surface area (Å²) in [6.07, 6.45) is 0.727. The molecular formula is C14H22N2O3S. The van der Waals surface area contributed by atoms with Gasteiger partial charge in [0.15, 0.2) is 0 Å². The van der Waals surface area contributed by atoms with E-state index in [0.29, 0.717) is 0 Å². The van der Waals surface area contributed by atoms with Gasteiger partial charge in [-0.1, -0.05) is 17.7 Å². The number of nitrogens with one attached hydrogen (secondary N) is 1. The molecule has 0 saturated carbocycles. The molecule has 1 aliphatic heterocycles. The van der Waals surface area contributed by atoms with E-state index in [1.807, 2.05) is 6.92 Å². The van der Waals surface area contributed by atoms with Crippen molar-refractivity contribution in [1.29, 1.82) is 0 Å². The number of nitrogens with zero attached hydrogens (tertiary/aromatic N) is 1. The molecule has 2 rings (SSSR count). The van der Waals surface area contributed by atoms with Crippen molar-refractivity contribution in [3.8, 4) is 0 Å². The molecule has 1 heterocycles. The minimum atomic E-state index is -3.61. The van der Waals surface area contributed by atoms with Crippen LogP contribution in [0.5, 0.6) is 0 Å². The first-order valence-electron chi connectivity index (χ1n) is 6.97. The second-order valence-corrected chi connectivity index (χ2v) is 6.65. The summed E-state index contributed by atoms with van der Waals surface area (Å²) < 4.78 is 29.0. The predicted molar refractivity (Wildman–Crippen MR) is 78.2 cm³/mol. The van der Waals surface area contributed by atoms with Crippen molar-refractivity contribution in [3.05, 3.63) is 29.8 Å². The van der Waals surface area contributed by atoms with Gasteiger partial charge in [-0.3, -0.25) is 4.18 Å². The SMILES string of the molecule is Cc1ccc(S(=O)(=O)OCCCN2CCNCC2)cc1. The largest absolute Gasteiger partial charge is 0.314 e. The molecule has 1 fully saturated rings. The molecule has 6 heteroatoms. The van der Waals surface area contributed by atoms with Crippen molar-refractivity contribution < 1.29 is 12.6 Å². The first kappa shape index (κ1) is 15.4.